The van der Waals surface area contributed by atoms with Gasteiger partial charge in [-0.3, -0.25) is 0 Å². The maximum atomic E-state index is 2.42. The minimum atomic E-state index is 0.856. The van der Waals surface area contributed by atoms with Gasteiger partial charge in [-0.1, -0.05) is 54.6 Å². The Hall–Kier alpha value is -2.74. The predicted molar refractivity (Wildman–Crippen MR) is 98.9 cm³/mol. The minimum absolute atomic E-state index is 0.856. The highest BCUT2D eigenvalue weighted by atomic mass is 15.2. The molecule has 0 unspecified atom stereocenters. The van der Waals surface area contributed by atoms with Crippen molar-refractivity contribution >= 4 is 27.5 Å². The van der Waals surface area contributed by atoms with Crippen LogP contribution in [0.3, 0.4) is 0 Å². The van der Waals surface area contributed by atoms with E-state index in [0.29, 0.717) is 0 Å². The van der Waals surface area contributed by atoms with E-state index in [0.717, 1.165) is 13.2 Å². The fourth-order valence-electron chi connectivity index (χ4n) is 3.33. The number of aromatic nitrogens is 1. The summed E-state index contributed by atoms with van der Waals surface area (Å²) in [5.41, 5.74) is 3.85. The van der Waals surface area contributed by atoms with E-state index < -0.39 is 0 Å². The van der Waals surface area contributed by atoms with Crippen LogP contribution in [0.25, 0.3) is 21.8 Å². The number of anilines is 1. The molecular weight excluding hydrogens is 280 g/mol. The average molecular weight is 300 g/mol. The summed E-state index contributed by atoms with van der Waals surface area (Å²) in [4.78, 5) is 2.40. The Balaban J connectivity index is 1.87. The van der Waals surface area contributed by atoms with Gasteiger partial charge in [-0.15, -0.1) is 0 Å². The van der Waals surface area contributed by atoms with Crippen molar-refractivity contribution < 1.29 is 0 Å². The smallest absolute Gasteiger partial charge is 0.0952 e. The van der Waals surface area contributed by atoms with Gasteiger partial charge in [0.05, 0.1) is 17.7 Å². The third-order valence-corrected chi connectivity index (χ3v) is 4.50. The molecule has 0 saturated carbocycles. The maximum absolute atomic E-state index is 2.42. The van der Waals surface area contributed by atoms with E-state index in [1.807, 2.05) is 0 Å². The van der Waals surface area contributed by atoms with Crippen molar-refractivity contribution in [2.45, 2.75) is 13.6 Å². The molecular formula is C21H20N2. The molecule has 4 aromatic rings. The molecule has 0 N–H and O–H groups in total. The van der Waals surface area contributed by atoms with E-state index in [1.54, 1.807) is 0 Å². The van der Waals surface area contributed by atoms with E-state index in [4.69, 9.17) is 0 Å². The van der Waals surface area contributed by atoms with Gasteiger partial charge in [0, 0.05) is 23.0 Å². The number of fused-ring (bicyclic) bond motifs is 3. The standard InChI is InChI=1S/C21H20N2/c1-2-22(17-10-4-3-5-11-17)16-23-20-14-8-6-12-18(20)19-13-7-9-15-21(19)23/h3-15H,2,16H2,1H3. The van der Waals surface area contributed by atoms with Crippen LogP contribution in [-0.2, 0) is 6.67 Å². The Morgan fingerprint density at radius 3 is 1.78 bits per heavy atom. The van der Waals surface area contributed by atoms with Crippen molar-refractivity contribution in [3.05, 3.63) is 78.9 Å². The highest BCUT2D eigenvalue weighted by Gasteiger charge is 2.12. The summed E-state index contributed by atoms with van der Waals surface area (Å²) in [7, 11) is 0. The van der Waals surface area contributed by atoms with Crippen molar-refractivity contribution in [2.24, 2.45) is 0 Å². The van der Waals surface area contributed by atoms with Crippen LogP contribution in [0.1, 0.15) is 6.92 Å². The molecule has 0 atom stereocenters. The molecule has 0 spiro atoms. The van der Waals surface area contributed by atoms with Gasteiger partial charge >= 0.3 is 0 Å². The Morgan fingerprint density at radius 2 is 1.22 bits per heavy atom. The lowest BCUT2D eigenvalue weighted by molar-refractivity contribution is 0.687. The molecule has 0 amide bonds. The average Bonchev–Trinajstić information content (AvgIpc) is 2.94. The van der Waals surface area contributed by atoms with Crippen molar-refractivity contribution in [1.29, 1.82) is 0 Å². The van der Waals surface area contributed by atoms with Gasteiger partial charge in [-0.05, 0) is 31.2 Å². The van der Waals surface area contributed by atoms with Gasteiger partial charge in [0.15, 0.2) is 0 Å². The number of nitrogens with zero attached hydrogens (tertiary/aromatic N) is 2. The van der Waals surface area contributed by atoms with Crippen molar-refractivity contribution in [3.8, 4) is 0 Å². The molecule has 0 aliphatic rings. The largest absolute Gasteiger partial charge is 0.354 e. The lowest BCUT2D eigenvalue weighted by atomic mass is 10.2. The zero-order valence-electron chi connectivity index (χ0n) is 13.3. The monoisotopic (exact) mass is 300 g/mol. The van der Waals surface area contributed by atoms with Crippen LogP contribution >= 0.6 is 0 Å². The molecule has 4 rings (SSSR count). The molecule has 1 aromatic heterocycles. The van der Waals surface area contributed by atoms with Crippen LogP contribution in [0.5, 0.6) is 0 Å². The molecule has 23 heavy (non-hydrogen) atoms. The molecule has 0 aliphatic carbocycles. The number of hydrogen-bond acceptors (Lipinski definition) is 1. The van der Waals surface area contributed by atoms with Crippen molar-refractivity contribution in [2.75, 3.05) is 11.4 Å². The molecule has 0 bridgehead atoms. The second kappa shape index (κ2) is 5.81. The first-order valence-electron chi connectivity index (χ1n) is 8.14. The minimum Gasteiger partial charge on any atom is -0.354 e. The second-order valence-electron chi connectivity index (χ2n) is 5.80. The van der Waals surface area contributed by atoms with Gasteiger partial charge in [-0.25, -0.2) is 0 Å². The molecule has 2 nitrogen and oxygen atoms in total. The number of para-hydroxylation sites is 3. The molecule has 0 radical (unpaired) electrons. The van der Waals surface area contributed by atoms with Gasteiger partial charge < -0.3 is 9.47 Å². The lowest BCUT2D eigenvalue weighted by Gasteiger charge is -2.24. The van der Waals surface area contributed by atoms with E-state index >= 15 is 0 Å². The second-order valence-corrected chi connectivity index (χ2v) is 5.80. The predicted octanol–water partition coefficient (Wildman–Crippen LogP) is 5.28. The lowest BCUT2D eigenvalue weighted by Crippen LogP contribution is -2.25. The summed E-state index contributed by atoms with van der Waals surface area (Å²) < 4.78 is 2.42. The summed E-state index contributed by atoms with van der Waals surface area (Å²) >= 11 is 0. The number of benzene rings is 3. The topological polar surface area (TPSA) is 8.17 Å². The van der Waals surface area contributed by atoms with E-state index in [1.165, 1.54) is 27.5 Å². The Labute approximate surface area is 136 Å². The van der Waals surface area contributed by atoms with E-state index in [2.05, 4.69) is 95.3 Å². The maximum Gasteiger partial charge on any atom is 0.0952 e. The zero-order chi connectivity index (χ0) is 15.6. The fraction of sp³-hybridized carbons (Fsp3) is 0.143. The van der Waals surface area contributed by atoms with Crippen molar-refractivity contribution in [3.63, 3.8) is 0 Å². The Bertz CT molecular complexity index is 885. The van der Waals surface area contributed by atoms with E-state index in [9.17, 15) is 0 Å². The Morgan fingerprint density at radius 1 is 0.696 bits per heavy atom. The van der Waals surface area contributed by atoms with Gasteiger partial charge in [0.25, 0.3) is 0 Å². The highest BCUT2D eigenvalue weighted by Crippen LogP contribution is 2.29. The quantitative estimate of drug-likeness (QED) is 0.498. The number of hydrogen-bond donors (Lipinski definition) is 0. The SMILES string of the molecule is CCN(Cn1c2ccccc2c2ccccc21)c1ccccc1. The normalized spacial score (nSPS) is 11.2. The van der Waals surface area contributed by atoms with Crippen LogP contribution < -0.4 is 4.90 Å². The summed E-state index contributed by atoms with van der Waals surface area (Å²) in [6, 6.07) is 28.0. The molecule has 0 aliphatic heterocycles. The number of rotatable bonds is 4. The first-order chi connectivity index (χ1) is 11.4. The van der Waals surface area contributed by atoms with Gasteiger partial charge in [0.1, 0.15) is 0 Å². The molecule has 0 fully saturated rings. The first kappa shape index (κ1) is 13.9. The summed E-state index contributed by atoms with van der Waals surface area (Å²) in [6.07, 6.45) is 0. The molecule has 114 valence electrons. The van der Waals surface area contributed by atoms with Crippen LogP contribution in [-0.4, -0.2) is 11.1 Å². The summed E-state index contributed by atoms with van der Waals surface area (Å²) in [6.45, 7) is 4.04. The van der Waals surface area contributed by atoms with Gasteiger partial charge in [-0.2, -0.15) is 0 Å². The Kier molecular flexibility index (Phi) is 3.51. The van der Waals surface area contributed by atoms with Crippen molar-refractivity contribution in [1.82, 2.24) is 4.57 Å². The molecule has 0 saturated heterocycles. The summed E-state index contributed by atoms with van der Waals surface area (Å²) in [5, 5.41) is 2.65. The summed E-state index contributed by atoms with van der Waals surface area (Å²) in [5.74, 6) is 0. The fourth-order valence-corrected chi connectivity index (χ4v) is 3.33. The van der Waals surface area contributed by atoms with Crippen LogP contribution in [0.4, 0.5) is 5.69 Å². The third kappa shape index (κ3) is 2.36. The van der Waals surface area contributed by atoms with Crippen LogP contribution in [0.15, 0.2) is 78.9 Å². The van der Waals surface area contributed by atoms with E-state index in [-0.39, 0.29) is 0 Å². The van der Waals surface area contributed by atoms with Crippen LogP contribution in [0.2, 0.25) is 0 Å². The van der Waals surface area contributed by atoms with Gasteiger partial charge in [0.2, 0.25) is 0 Å². The van der Waals surface area contributed by atoms with Crippen LogP contribution in [0, 0.1) is 0 Å². The highest BCUT2D eigenvalue weighted by molar-refractivity contribution is 6.07. The first-order valence-corrected chi connectivity index (χ1v) is 8.14. The third-order valence-electron chi connectivity index (χ3n) is 4.50. The molecule has 3 aromatic carbocycles. The molecule has 1 heterocycles. The molecule has 2 heteroatoms. The zero-order valence-corrected chi connectivity index (χ0v) is 13.3.